The van der Waals surface area contributed by atoms with Crippen LogP contribution in [0, 0.1) is 0 Å². The summed E-state index contributed by atoms with van der Waals surface area (Å²) in [5.41, 5.74) is -2.89. The third-order valence-electron chi connectivity index (χ3n) is 3.39. The Labute approximate surface area is 131 Å². The fraction of sp³-hybridized carbons (Fsp3) is 0.235. The molecular formula is C17H15F3O3. The van der Waals surface area contributed by atoms with Gasteiger partial charge in [0.1, 0.15) is 6.61 Å². The van der Waals surface area contributed by atoms with Crippen molar-refractivity contribution in [3.05, 3.63) is 71.8 Å². The van der Waals surface area contributed by atoms with E-state index in [0.29, 0.717) is 5.56 Å². The van der Waals surface area contributed by atoms with Crippen molar-refractivity contribution in [1.29, 1.82) is 0 Å². The van der Waals surface area contributed by atoms with Crippen LogP contribution in [-0.2, 0) is 26.5 Å². The summed E-state index contributed by atoms with van der Waals surface area (Å²) in [6.07, 6.45) is -4.96. The van der Waals surface area contributed by atoms with Crippen molar-refractivity contribution in [3.8, 4) is 0 Å². The maximum absolute atomic E-state index is 13.6. The molecule has 0 aliphatic heterocycles. The molecule has 23 heavy (non-hydrogen) atoms. The van der Waals surface area contributed by atoms with Gasteiger partial charge in [-0.25, -0.2) is 4.79 Å². The number of esters is 1. The minimum Gasteiger partial charge on any atom is -0.458 e. The van der Waals surface area contributed by atoms with E-state index >= 15 is 0 Å². The van der Waals surface area contributed by atoms with Gasteiger partial charge in [0.2, 0.25) is 0 Å². The second-order valence-electron chi connectivity index (χ2n) is 4.81. The average molecular weight is 324 g/mol. The summed E-state index contributed by atoms with van der Waals surface area (Å²) in [7, 11) is 0.838. The molecule has 0 bridgehead atoms. The van der Waals surface area contributed by atoms with Gasteiger partial charge >= 0.3 is 12.1 Å². The molecule has 1 atom stereocenters. The second-order valence-corrected chi connectivity index (χ2v) is 4.81. The Morgan fingerprint density at radius 1 is 0.957 bits per heavy atom. The van der Waals surface area contributed by atoms with E-state index in [0.717, 1.165) is 7.11 Å². The van der Waals surface area contributed by atoms with Gasteiger partial charge in [-0.1, -0.05) is 60.7 Å². The molecule has 2 aromatic carbocycles. The second kappa shape index (κ2) is 6.83. The van der Waals surface area contributed by atoms with E-state index in [1.165, 1.54) is 24.3 Å². The minimum absolute atomic E-state index is 0.270. The number of benzene rings is 2. The molecule has 0 fully saturated rings. The number of ether oxygens (including phenoxy) is 2. The Kier molecular flexibility index (Phi) is 5.05. The molecular weight excluding hydrogens is 309 g/mol. The molecule has 6 heteroatoms. The number of rotatable bonds is 5. The fourth-order valence-electron chi connectivity index (χ4n) is 2.21. The topological polar surface area (TPSA) is 35.5 Å². The zero-order valence-corrected chi connectivity index (χ0v) is 12.3. The van der Waals surface area contributed by atoms with Crippen LogP contribution < -0.4 is 0 Å². The average Bonchev–Trinajstić information content (AvgIpc) is 2.55. The van der Waals surface area contributed by atoms with Gasteiger partial charge < -0.3 is 9.47 Å². The van der Waals surface area contributed by atoms with E-state index in [1.807, 2.05) is 0 Å². The highest BCUT2D eigenvalue weighted by Crippen LogP contribution is 2.43. The quantitative estimate of drug-likeness (QED) is 0.784. The summed E-state index contributed by atoms with van der Waals surface area (Å²) in [4.78, 5) is 12.2. The highest BCUT2D eigenvalue weighted by atomic mass is 19.4. The van der Waals surface area contributed by atoms with Gasteiger partial charge in [0.15, 0.2) is 0 Å². The van der Waals surface area contributed by atoms with Gasteiger partial charge in [-0.3, -0.25) is 0 Å². The summed E-state index contributed by atoms with van der Waals surface area (Å²) < 4.78 is 50.4. The molecule has 2 rings (SSSR count). The zero-order valence-electron chi connectivity index (χ0n) is 12.3. The lowest BCUT2D eigenvalue weighted by molar-refractivity contribution is -0.276. The molecule has 0 spiro atoms. The molecule has 0 saturated carbocycles. The van der Waals surface area contributed by atoms with Crippen molar-refractivity contribution in [1.82, 2.24) is 0 Å². The molecule has 0 amide bonds. The van der Waals surface area contributed by atoms with Gasteiger partial charge in [0.05, 0.1) is 0 Å². The van der Waals surface area contributed by atoms with Crippen molar-refractivity contribution < 1.29 is 27.4 Å². The van der Waals surface area contributed by atoms with Crippen LogP contribution in [0.3, 0.4) is 0 Å². The Balaban J connectivity index is 2.32. The first-order chi connectivity index (χ1) is 10.9. The summed E-state index contributed by atoms with van der Waals surface area (Å²) in [5.74, 6) is -1.50. The maximum Gasteiger partial charge on any atom is 0.432 e. The van der Waals surface area contributed by atoms with Gasteiger partial charge in [0.25, 0.3) is 5.60 Å². The largest absolute Gasteiger partial charge is 0.458 e. The van der Waals surface area contributed by atoms with E-state index in [-0.39, 0.29) is 12.2 Å². The zero-order chi connectivity index (χ0) is 16.9. The molecule has 3 nitrogen and oxygen atoms in total. The van der Waals surface area contributed by atoms with E-state index in [9.17, 15) is 18.0 Å². The Hall–Kier alpha value is -2.34. The number of carbonyl (C=O) groups is 1. The van der Waals surface area contributed by atoms with Crippen LogP contribution in [0.4, 0.5) is 13.2 Å². The van der Waals surface area contributed by atoms with Crippen molar-refractivity contribution >= 4 is 5.97 Å². The molecule has 0 aromatic heterocycles. The lowest BCUT2D eigenvalue weighted by atomic mass is 9.93. The van der Waals surface area contributed by atoms with Crippen molar-refractivity contribution in [2.45, 2.75) is 18.4 Å². The van der Waals surface area contributed by atoms with Gasteiger partial charge in [-0.05, 0) is 5.56 Å². The van der Waals surface area contributed by atoms with Crippen LogP contribution in [-0.4, -0.2) is 19.3 Å². The molecule has 0 radical (unpaired) electrons. The summed E-state index contributed by atoms with van der Waals surface area (Å²) >= 11 is 0. The monoisotopic (exact) mass is 324 g/mol. The maximum atomic E-state index is 13.6. The van der Waals surface area contributed by atoms with Crippen LogP contribution in [0.5, 0.6) is 0 Å². The first-order valence-electron chi connectivity index (χ1n) is 6.80. The highest BCUT2D eigenvalue weighted by molar-refractivity contribution is 5.82. The first kappa shape index (κ1) is 17.0. The molecule has 0 aliphatic rings. The smallest absolute Gasteiger partial charge is 0.432 e. The van der Waals surface area contributed by atoms with Gasteiger partial charge in [-0.15, -0.1) is 0 Å². The molecule has 0 unspecified atom stereocenters. The summed E-state index contributed by atoms with van der Waals surface area (Å²) in [6, 6.07) is 15.2. The van der Waals surface area contributed by atoms with Crippen molar-refractivity contribution in [2.75, 3.05) is 7.11 Å². The van der Waals surface area contributed by atoms with Crippen molar-refractivity contribution in [3.63, 3.8) is 0 Å². The molecule has 0 aliphatic carbocycles. The predicted octanol–water partition coefficient (Wildman–Crippen LogP) is 3.83. The normalized spacial score (nSPS) is 14.1. The van der Waals surface area contributed by atoms with Crippen molar-refractivity contribution in [2.24, 2.45) is 0 Å². The van der Waals surface area contributed by atoms with E-state index < -0.39 is 17.7 Å². The van der Waals surface area contributed by atoms with Crippen LogP contribution in [0.2, 0.25) is 0 Å². The molecule has 2 aromatic rings. The predicted molar refractivity (Wildman–Crippen MR) is 77.4 cm³/mol. The number of halogens is 3. The third kappa shape index (κ3) is 3.37. The number of hydrogen-bond donors (Lipinski definition) is 0. The van der Waals surface area contributed by atoms with Crippen LogP contribution in [0.15, 0.2) is 60.7 Å². The number of hydrogen-bond acceptors (Lipinski definition) is 3. The summed E-state index contributed by atoms with van der Waals surface area (Å²) in [6.45, 7) is -0.270. The number of carbonyl (C=O) groups excluding carboxylic acids is 1. The molecule has 0 N–H and O–H groups in total. The molecule has 122 valence electrons. The van der Waals surface area contributed by atoms with Crippen LogP contribution in [0.25, 0.3) is 0 Å². The van der Waals surface area contributed by atoms with Gasteiger partial charge in [0, 0.05) is 12.7 Å². The Morgan fingerprint density at radius 2 is 1.48 bits per heavy atom. The number of methoxy groups -OCH3 is 1. The number of alkyl halides is 3. The van der Waals surface area contributed by atoms with E-state index in [1.54, 1.807) is 36.4 Å². The SMILES string of the molecule is CO[C@](C(=O)OCc1ccccc1)(c1ccccc1)C(F)(F)F. The highest BCUT2D eigenvalue weighted by Gasteiger charge is 2.64. The van der Waals surface area contributed by atoms with Gasteiger partial charge in [-0.2, -0.15) is 13.2 Å². The minimum atomic E-state index is -4.96. The molecule has 0 heterocycles. The Morgan fingerprint density at radius 3 is 1.96 bits per heavy atom. The van der Waals surface area contributed by atoms with E-state index in [4.69, 9.17) is 4.74 Å². The third-order valence-corrected chi connectivity index (χ3v) is 3.39. The standard InChI is InChI=1S/C17H15F3O3/c1-22-16(17(18,19)20,14-10-6-3-7-11-14)15(21)23-12-13-8-4-2-5-9-13/h2-11H,12H2,1H3/t16-/m0/s1. The summed E-state index contributed by atoms with van der Waals surface area (Å²) in [5, 5.41) is 0. The fourth-order valence-corrected chi connectivity index (χ4v) is 2.21. The first-order valence-corrected chi connectivity index (χ1v) is 6.80. The molecule has 0 saturated heterocycles. The van der Waals surface area contributed by atoms with E-state index in [2.05, 4.69) is 4.74 Å². The van der Waals surface area contributed by atoms with Crippen LogP contribution in [0.1, 0.15) is 11.1 Å². The lowest BCUT2D eigenvalue weighted by Crippen LogP contribution is -2.51. The van der Waals surface area contributed by atoms with Crippen LogP contribution >= 0.6 is 0 Å². The Bertz CT molecular complexity index is 641. The lowest BCUT2D eigenvalue weighted by Gasteiger charge is -2.32.